The topological polar surface area (TPSA) is 77.5 Å². The zero-order valence-corrected chi connectivity index (χ0v) is 17.8. The van der Waals surface area contributed by atoms with Crippen LogP contribution < -0.4 is 4.90 Å². The van der Waals surface area contributed by atoms with E-state index in [0.717, 1.165) is 24.3 Å². The summed E-state index contributed by atoms with van der Waals surface area (Å²) >= 11 is 0. The van der Waals surface area contributed by atoms with E-state index in [9.17, 15) is 14.9 Å². The molecule has 0 radical (unpaired) electrons. The summed E-state index contributed by atoms with van der Waals surface area (Å²) in [4.78, 5) is 28.3. The zero-order valence-electron chi connectivity index (χ0n) is 17.8. The zero-order chi connectivity index (χ0) is 22.5. The van der Waals surface area contributed by atoms with Crippen LogP contribution in [0.25, 0.3) is 17.4 Å². The lowest BCUT2D eigenvalue weighted by Gasteiger charge is -2.36. The number of Topliss-reactive ketones (excluding diaryl/α,β-unsaturated/α-hetero) is 1. The first-order valence-electron chi connectivity index (χ1n) is 10.5. The van der Waals surface area contributed by atoms with Gasteiger partial charge in [0.05, 0.1) is 0 Å². The van der Waals surface area contributed by atoms with Crippen molar-refractivity contribution in [3.05, 3.63) is 83.6 Å². The summed E-state index contributed by atoms with van der Waals surface area (Å²) in [5.41, 5.74) is 2.63. The molecule has 0 saturated carbocycles. The number of piperazine rings is 1. The summed E-state index contributed by atoms with van der Waals surface area (Å²) in [5.74, 6) is 0.751. The molecule has 0 aliphatic carbocycles. The second-order valence-electron chi connectivity index (χ2n) is 7.62. The first kappa shape index (κ1) is 21.1. The second-order valence-corrected chi connectivity index (χ2v) is 7.62. The van der Waals surface area contributed by atoms with Crippen LogP contribution >= 0.6 is 0 Å². The first-order valence-corrected chi connectivity index (χ1v) is 10.5. The molecule has 0 atom stereocenters. The molecule has 0 spiro atoms. The predicted molar refractivity (Wildman–Crippen MR) is 123 cm³/mol. The van der Waals surface area contributed by atoms with Crippen molar-refractivity contribution in [3.8, 4) is 17.4 Å². The lowest BCUT2D eigenvalue weighted by atomic mass is 10.1. The van der Waals surface area contributed by atoms with Crippen LogP contribution in [-0.2, 0) is 4.79 Å². The molecule has 4 rings (SSSR count). The monoisotopic (exact) mass is 425 g/mol. The van der Waals surface area contributed by atoms with Crippen LogP contribution in [0.3, 0.4) is 0 Å². The Morgan fingerprint density at radius 3 is 2.25 bits per heavy atom. The number of furan rings is 1. The quantitative estimate of drug-likeness (QED) is 0.344. The first-order chi connectivity index (χ1) is 15.5. The molecule has 0 bridgehead atoms. The molecule has 0 unspecified atom stereocenters. The Morgan fingerprint density at radius 1 is 0.938 bits per heavy atom. The lowest BCUT2D eigenvalue weighted by Crippen LogP contribution is -2.49. The van der Waals surface area contributed by atoms with Gasteiger partial charge >= 0.3 is 0 Å². The fourth-order valence-electron chi connectivity index (χ4n) is 3.72. The van der Waals surface area contributed by atoms with Gasteiger partial charge in [-0.3, -0.25) is 9.59 Å². The van der Waals surface area contributed by atoms with Crippen molar-refractivity contribution in [1.29, 1.82) is 5.26 Å². The third-order valence-corrected chi connectivity index (χ3v) is 5.53. The number of ketones is 1. The predicted octanol–water partition coefficient (Wildman–Crippen LogP) is 4.40. The Morgan fingerprint density at radius 2 is 1.62 bits per heavy atom. The maximum atomic E-state index is 12.9. The van der Waals surface area contributed by atoms with E-state index in [1.165, 1.54) is 13.0 Å². The number of carbonyl (C=O) groups excluding carboxylic acids is 2. The SMILES string of the molecule is CC(=O)c1ccc(-c2ccc(/C=C(/C#N)C(=O)N3CCN(c4ccccc4)CC3)o2)cc1. The summed E-state index contributed by atoms with van der Waals surface area (Å²) in [7, 11) is 0. The highest BCUT2D eigenvalue weighted by Gasteiger charge is 2.24. The van der Waals surface area contributed by atoms with E-state index >= 15 is 0 Å². The number of carbonyl (C=O) groups is 2. The Bertz CT molecular complexity index is 1180. The minimum Gasteiger partial charge on any atom is -0.457 e. The van der Waals surface area contributed by atoms with Gasteiger partial charge in [-0.2, -0.15) is 5.26 Å². The van der Waals surface area contributed by atoms with E-state index in [1.54, 1.807) is 29.2 Å². The van der Waals surface area contributed by atoms with Gasteiger partial charge in [0.25, 0.3) is 5.91 Å². The Kier molecular flexibility index (Phi) is 6.18. The van der Waals surface area contributed by atoms with Gasteiger partial charge in [0.15, 0.2) is 5.78 Å². The summed E-state index contributed by atoms with van der Waals surface area (Å²) in [5, 5.41) is 9.57. The average molecular weight is 425 g/mol. The van der Waals surface area contributed by atoms with E-state index in [-0.39, 0.29) is 17.3 Å². The number of hydrogen-bond acceptors (Lipinski definition) is 5. The van der Waals surface area contributed by atoms with Crippen molar-refractivity contribution in [1.82, 2.24) is 4.90 Å². The molecule has 6 nitrogen and oxygen atoms in total. The minimum atomic E-state index is -0.288. The summed E-state index contributed by atoms with van der Waals surface area (Å²) in [6.07, 6.45) is 1.49. The summed E-state index contributed by atoms with van der Waals surface area (Å²) in [6.45, 7) is 4.06. The van der Waals surface area contributed by atoms with Gasteiger partial charge in [-0.15, -0.1) is 0 Å². The molecule has 160 valence electrons. The fraction of sp³-hybridized carbons (Fsp3) is 0.192. The third kappa shape index (κ3) is 4.62. The number of rotatable bonds is 5. The van der Waals surface area contributed by atoms with Crippen molar-refractivity contribution >= 4 is 23.5 Å². The number of amides is 1. The number of para-hydroxylation sites is 1. The summed E-state index contributed by atoms with van der Waals surface area (Å²) < 4.78 is 5.82. The highest BCUT2D eigenvalue weighted by atomic mass is 16.3. The van der Waals surface area contributed by atoms with E-state index in [4.69, 9.17) is 4.42 Å². The molecule has 1 aliphatic heterocycles. The highest BCUT2D eigenvalue weighted by Crippen LogP contribution is 2.24. The maximum Gasteiger partial charge on any atom is 0.264 e. The second kappa shape index (κ2) is 9.36. The number of benzene rings is 2. The Hall–Kier alpha value is -4.11. The van der Waals surface area contributed by atoms with Gasteiger partial charge in [-0.05, 0) is 31.2 Å². The normalized spacial score (nSPS) is 14.2. The van der Waals surface area contributed by atoms with Gasteiger partial charge in [-0.1, -0.05) is 42.5 Å². The van der Waals surface area contributed by atoms with Crippen molar-refractivity contribution in [2.24, 2.45) is 0 Å². The van der Waals surface area contributed by atoms with Crippen molar-refractivity contribution < 1.29 is 14.0 Å². The Balaban J connectivity index is 1.44. The van der Waals surface area contributed by atoms with Crippen LogP contribution in [0.4, 0.5) is 5.69 Å². The maximum absolute atomic E-state index is 12.9. The number of anilines is 1. The van der Waals surface area contributed by atoms with Gasteiger partial charge < -0.3 is 14.2 Å². The van der Waals surface area contributed by atoms with Crippen LogP contribution in [-0.4, -0.2) is 42.8 Å². The standard InChI is InChI=1S/C26H23N3O3/c1-19(30)20-7-9-21(10-8-20)25-12-11-24(32-25)17-22(18-27)26(31)29-15-13-28(14-16-29)23-5-3-2-4-6-23/h2-12,17H,13-16H2,1H3/b22-17-. The number of nitriles is 1. The average Bonchev–Trinajstić information content (AvgIpc) is 3.31. The third-order valence-electron chi connectivity index (χ3n) is 5.53. The van der Waals surface area contributed by atoms with E-state index in [2.05, 4.69) is 17.0 Å². The summed E-state index contributed by atoms with van der Waals surface area (Å²) in [6, 6.07) is 22.7. The minimum absolute atomic E-state index is 0.00129. The lowest BCUT2D eigenvalue weighted by molar-refractivity contribution is -0.126. The largest absolute Gasteiger partial charge is 0.457 e. The molecule has 2 aromatic carbocycles. The van der Waals surface area contributed by atoms with Crippen LogP contribution in [0.5, 0.6) is 0 Å². The molecule has 1 amide bonds. The Labute approximate surface area is 187 Å². The van der Waals surface area contributed by atoms with E-state index in [1.807, 2.05) is 36.4 Å². The smallest absolute Gasteiger partial charge is 0.264 e. The van der Waals surface area contributed by atoms with Crippen LogP contribution in [0, 0.1) is 11.3 Å². The molecule has 0 N–H and O–H groups in total. The van der Waals surface area contributed by atoms with Crippen molar-refractivity contribution in [2.45, 2.75) is 6.92 Å². The van der Waals surface area contributed by atoms with Gasteiger partial charge in [0.2, 0.25) is 0 Å². The molecule has 1 aromatic heterocycles. The number of nitrogens with zero attached hydrogens (tertiary/aromatic N) is 3. The fourth-order valence-corrected chi connectivity index (χ4v) is 3.72. The van der Waals surface area contributed by atoms with E-state index < -0.39 is 0 Å². The molecular formula is C26H23N3O3. The molecular weight excluding hydrogens is 402 g/mol. The van der Waals surface area contributed by atoms with Crippen LogP contribution in [0.15, 0.2) is 76.7 Å². The molecule has 3 aromatic rings. The van der Waals surface area contributed by atoms with Gasteiger partial charge in [0, 0.05) is 49.1 Å². The van der Waals surface area contributed by atoms with Gasteiger partial charge in [0.1, 0.15) is 23.2 Å². The van der Waals surface area contributed by atoms with E-state index in [0.29, 0.717) is 30.2 Å². The molecule has 1 aliphatic rings. The molecule has 6 heteroatoms. The number of hydrogen-bond donors (Lipinski definition) is 0. The highest BCUT2D eigenvalue weighted by molar-refractivity contribution is 6.01. The molecule has 1 fully saturated rings. The molecule has 32 heavy (non-hydrogen) atoms. The van der Waals surface area contributed by atoms with Crippen LogP contribution in [0.1, 0.15) is 23.0 Å². The van der Waals surface area contributed by atoms with Crippen molar-refractivity contribution in [3.63, 3.8) is 0 Å². The molecule has 2 heterocycles. The molecule has 1 saturated heterocycles. The van der Waals surface area contributed by atoms with Crippen LogP contribution in [0.2, 0.25) is 0 Å². The van der Waals surface area contributed by atoms with Gasteiger partial charge in [-0.25, -0.2) is 0 Å². The van der Waals surface area contributed by atoms with Crippen molar-refractivity contribution in [2.75, 3.05) is 31.1 Å².